The molecule has 0 bridgehead atoms. The van der Waals surface area contributed by atoms with Crippen molar-refractivity contribution in [3.05, 3.63) is 63.6 Å². The first kappa shape index (κ1) is 25.8. The minimum atomic E-state index is -0.337. The Morgan fingerprint density at radius 1 is 1.20 bits per heavy atom. The molecule has 2 aliphatic rings. The van der Waals surface area contributed by atoms with Crippen LogP contribution in [-0.4, -0.2) is 66.1 Å². The van der Waals surface area contributed by atoms with Crippen LogP contribution < -0.4 is 0 Å². The van der Waals surface area contributed by atoms with Crippen molar-refractivity contribution >= 4 is 35.1 Å². The first-order valence-corrected chi connectivity index (χ1v) is 12.7. The molecule has 1 saturated heterocycles. The molecule has 1 amide bonds. The third-order valence-electron chi connectivity index (χ3n) is 7.73. The van der Waals surface area contributed by atoms with Gasteiger partial charge in [-0.05, 0) is 61.8 Å². The Hall–Kier alpha value is -2.28. The van der Waals surface area contributed by atoms with Crippen LogP contribution in [0, 0.1) is 5.92 Å². The van der Waals surface area contributed by atoms with Crippen molar-refractivity contribution in [1.29, 1.82) is 0 Å². The van der Waals surface area contributed by atoms with Crippen molar-refractivity contribution in [3.8, 4) is 5.75 Å². The van der Waals surface area contributed by atoms with Gasteiger partial charge in [0.25, 0.3) is 0 Å². The zero-order chi connectivity index (χ0) is 25.3. The van der Waals surface area contributed by atoms with Gasteiger partial charge in [-0.15, -0.1) is 0 Å². The summed E-state index contributed by atoms with van der Waals surface area (Å²) >= 11 is 12.2. The average Bonchev–Trinajstić information content (AvgIpc) is 2.81. The van der Waals surface area contributed by atoms with Gasteiger partial charge in [-0.1, -0.05) is 41.4 Å². The molecule has 4 atom stereocenters. The minimum Gasteiger partial charge on any atom is -0.508 e. The summed E-state index contributed by atoms with van der Waals surface area (Å²) in [6.45, 7) is 3.10. The van der Waals surface area contributed by atoms with Crippen LogP contribution in [0.15, 0.2) is 42.5 Å². The number of hydrogen-bond acceptors (Lipinski definition) is 5. The van der Waals surface area contributed by atoms with Crippen LogP contribution in [0.5, 0.6) is 5.75 Å². The van der Waals surface area contributed by atoms with Crippen molar-refractivity contribution < 1.29 is 19.4 Å². The fourth-order valence-corrected chi connectivity index (χ4v) is 6.24. The van der Waals surface area contributed by atoms with Gasteiger partial charge in [-0.2, -0.15) is 0 Å². The van der Waals surface area contributed by atoms with E-state index in [0.717, 1.165) is 37.1 Å². The number of phenolic OH excluding ortho intramolecular Hbond substituents is 1. The molecule has 188 valence electrons. The largest absolute Gasteiger partial charge is 0.508 e. The maximum Gasteiger partial charge on any atom is 0.302 e. The molecular weight excluding hydrogens is 487 g/mol. The Balaban J connectivity index is 1.66. The van der Waals surface area contributed by atoms with Gasteiger partial charge in [0.2, 0.25) is 5.91 Å². The maximum absolute atomic E-state index is 13.3. The summed E-state index contributed by atoms with van der Waals surface area (Å²) in [5, 5.41) is 11.2. The Kier molecular flexibility index (Phi) is 7.65. The quantitative estimate of drug-likeness (QED) is 0.581. The summed E-state index contributed by atoms with van der Waals surface area (Å²) in [4.78, 5) is 29.5. The van der Waals surface area contributed by atoms with Crippen LogP contribution in [0.25, 0.3) is 0 Å². The highest BCUT2D eigenvalue weighted by Gasteiger charge is 2.54. The second kappa shape index (κ2) is 10.4. The molecule has 0 spiro atoms. The first-order valence-electron chi connectivity index (χ1n) is 11.9. The lowest BCUT2D eigenvalue weighted by atomic mass is 9.56. The third kappa shape index (κ3) is 5.45. The number of rotatable bonds is 5. The molecule has 8 heteroatoms. The summed E-state index contributed by atoms with van der Waals surface area (Å²) < 4.78 is 5.89. The SMILES string of the molecule is CC(=O)OC1C[C@@H](N(C)C(=O)Cc2ccc(Cl)c(Cl)c2)C[C@]2(c3cccc(O)c3)CCN(C)C[C@@H]12. The van der Waals surface area contributed by atoms with Crippen LogP contribution in [0.2, 0.25) is 10.0 Å². The summed E-state index contributed by atoms with van der Waals surface area (Å²) in [5.74, 6) is -0.0857. The molecule has 2 aromatic rings. The molecule has 1 unspecified atom stereocenters. The number of aromatic hydroxyl groups is 1. The van der Waals surface area contributed by atoms with Crippen LogP contribution >= 0.6 is 23.2 Å². The van der Waals surface area contributed by atoms with Gasteiger partial charge in [0.1, 0.15) is 11.9 Å². The van der Waals surface area contributed by atoms with Gasteiger partial charge in [-0.25, -0.2) is 0 Å². The topological polar surface area (TPSA) is 70.1 Å². The normalized spacial score (nSPS) is 26.6. The number of ether oxygens (including phenoxy) is 1. The molecule has 1 saturated carbocycles. The van der Waals surface area contributed by atoms with Crippen LogP contribution in [0.3, 0.4) is 0 Å². The molecule has 1 heterocycles. The molecule has 6 nitrogen and oxygen atoms in total. The van der Waals surface area contributed by atoms with E-state index >= 15 is 0 Å². The number of likely N-dealkylation sites (N-methyl/N-ethyl adjacent to an activating group) is 1. The fourth-order valence-electron chi connectivity index (χ4n) is 5.92. The van der Waals surface area contributed by atoms with Gasteiger partial charge in [0.05, 0.1) is 16.5 Å². The number of esters is 1. The second-order valence-corrected chi connectivity index (χ2v) is 10.8. The molecule has 0 aromatic heterocycles. The molecule has 4 rings (SSSR count). The van der Waals surface area contributed by atoms with Crippen molar-refractivity contribution in [1.82, 2.24) is 9.80 Å². The third-order valence-corrected chi connectivity index (χ3v) is 8.47. The smallest absolute Gasteiger partial charge is 0.302 e. The van der Waals surface area contributed by atoms with E-state index in [-0.39, 0.29) is 47.5 Å². The Labute approximate surface area is 216 Å². The fraction of sp³-hybridized carbons (Fsp3) is 0.481. The second-order valence-electron chi connectivity index (χ2n) is 10.00. The predicted octanol–water partition coefficient (Wildman–Crippen LogP) is 4.68. The van der Waals surface area contributed by atoms with Crippen molar-refractivity contribution in [2.45, 2.75) is 50.2 Å². The molecule has 1 aliphatic carbocycles. The Morgan fingerprint density at radius 3 is 2.66 bits per heavy atom. The number of carbonyl (C=O) groups is 2. The van der Waals surface area contributed by atoms with Gasteiger partial charge < -0.3 is 19.6 Å². The van der Waals surface area contributed by atoms with E-state index in [9.17, 15) is 14.7 Å². The summed E-state index contributed by atoms with van der Waals surface area (Å²) in [5.41, 5.74) is 1.50. The average molecular weight is 519 g/mol. The molecule has 35 heavy (non-hydrogen) atoms. The zero-order valence-electron chi connectivity index (χ0n) is 20.3. The standard InChI is InChI=1S/C27H32Cl2N2O4/c1-17(32)35-25-14-20(31(3)26(34)12-18-7-8-23(28)24(29)11-18)15-27(9-10-30(2)16-22(25)27)19-5-4-6-21(33)13-19/h4-8,11,13,20,22,25,33H,9-10,12,14-16H2,1-3H3/t20-,22+,25?,27+/m1/s1. The van der Waals surface area contributed by atoms with E-state index in [1.54, 1.807) is 23.1 Å². The summed E-state index contributed by atoms with van der Waals surface area (Å²) in [7, 11) is 3.90. The number of amides is 1. The zero-order valence-corrected chi connectivity index (χ0v) is 21.9. The minimum absolute atomic E-state index is 0.0348. The molecule has 2 fully saturated rings. The number of benzene rings is 2. The van der Waals surface area contributed by atoms with Crippen LogP contribution in [0.4, 0.5) is 0 Å². The number of hydrogen-bond donors (Lipinski definition) is 1. The highest BCUT2D eigenvalue weighted by Crippen LogP contribution is 2.51. The highest BCUT2D eigenvalue weighted by molar-refractivity contribution is 6.42. The van der Waals surface area contributed by atoms with E-state index in [1.807, 2.05) is 31.3 Å². The molecule has 2 aromatic carbocycles. The van der Waals surface area contributed by atoms with E-state index in [4.69, 9.17) is 27.9 Å². The number of phenols is 1. The van der Waals surface area contributed by atoms with Gasteiger partial charge in [0.15, 0.2) is 0 Å². The van der Waals surface area contributed by atoms with Gasteiger partial charge in [-0.3, -0.25) is 9.59 Å². The predicted molar refractivity (Wildman–Crippen MR) is 137 cm³/mol. The molecule has 1 N–H and O–H groups in total. The number of halogens is 2. The summed E-state index contributed by atoms with van der Waals surface area (Å²) in [6, 6.07) is 12.5. The summed E-state index contributed by atoms with van der Waals surface area (Å²) in [6.07, 6.45) is 2.02. The van der Waals surface area contributed by atoms with Crippen LogP contribution in [0.1, 0.15) is 37.3 Å². The Bertz CT molecular complexity index is 1110. The van der Waals surface area contributed by atoms with Crippen molar-refractivity contribution in [3.63, 3.8) is 0 Å². The van der Waals surface area contributed by atoms with Crippen LogP contribution in [-0.2, 0) is 26.2 Å². The number of piperidine rings is 1. The van der Waals surface area contributed by atoms with Crippen molar-refractivity contribution in [2.75, 3.05) is 27.2 Å². The molecular formula is C27H32Cl2N2O4. The van der Waals surface area contributed by atoms with E-state index in [1.165, 1.54) is 6.92 Å². The number of carbonyl (C=O) groups excluding carboxylic acids is 2. The number of nitrogens with zero attached hydrogens (tertiary/aromatic N) is 2. The molecule has 0 radical (unpaired) electrons. The maximum atomic E-state index is 13.3. The van der Waals surface area contributed by atoms with Gasteiger partial charge in [0, 0.05) is 44.3 Å². The lowest BCUT2D eigenvalue weighted by Crippen LogP contribution is -2.61. The molecule has 1 aliphatic heterocycles. The number of likely N-dealkylation sites (tertiary alicyclic amines) is 1. The van der Waals surface area contributed by atoms with E-state index < -0.39 is 0 Å². The van der Waals surface area contributed by atoms with E-state index in [2.05, 4.69) is 11.9 Å². The lowest BCUT2D eigenvalue weighted by Gasteiger charge is -2.56. The first-order chi connectivity index (χ1) is 16.6. The number of fused-ring (bicyclic) bond motifs is 1. The highest BCUT2D eigenvalue weighted by atomic mass is 35.5. The van der Waals surface area contributed by atoms with Crippen molar-refractivity contribution in [2.24, 2.45) is 5.92 Å². The van der Waals surface area contributed by atoms with E-state index in [0.29, 0.717) is 16.5 Å². The Morgan fingerprint density at radius 2 is 1.97 bits per heavy atom. The lowest BCUT2D eigenvalue weighted by molar-refractivity contribution is -0.160. The monoisotopic (exact) mass is 518 g/mol. The van der Waals surface area contributed by atoms with Gasteiger partial charge >= 0.3 is 5.97 Å².